The summed E-state index contributed by atoms with van der Waals surface area (Å²) in [5.41, 5.74) is 0.281. The lowest BCUT2D eigenvalue weighted by Crippen LogP contribution is -3.00. The highest BCUT2D eigenvalue weighted by molar-refractivity contribution is 6.62. The number of quaternary nitrogens is 1. The van der Waals surface area contributed by atoms with E-state index in [-0.39, 0.29) is 22.6 Å². The minimum Gasteiger partial charge on any atom is -1.00 e. The van der Waals surface area contributed by atoms with Crippen molar-refractivity contribution in [3.8, 4) is 0 Å². The quantitative estimate of drug-likeness (QED) is 0.108. The van der Waals surface area contributed by atoms with Crippen LogP contribution in [0, 0.1) is 0 Å². The fourth-order valence-electron chi connectivity index (χ4n) is 5.05. The summed E-state index contributed by atoms with van der Waals surface area (Å²) in [5.74, 6) is 0. The average molecular weight is 541 g/mol. The number of nitrogens with zero attached hydrogens (tertiary/aromatic N) is 1. The molecule has 196 valence electrons. The largest absolute Gasteiger partial charge is 1.00 e. The van der Waals surface area contributed by atoms with Gasteiger partial charge in [-0.2, -0.15) is 0 Å². The molecule has 6 heteroatoms. The highest BCUT2D eigenvalue weighted by Gasteiger charge is 2.55. The smallest absolute Gasteiger partial charge is 0.561 e. The first-order valence-electron chi connectivity index (χ1n) is 13.4. The summed E-state index contributed by atoms with van der Waals surface area (Å²) >= 11 is 0. The van der Waals surface area contributed by atoms with Crippen LogP contribution in [0.25, 0.3) is 0 Å². The lowest BCUT2D eigenvalue weighted by molar-refractivity contribution is -0.906. The van der Waals surface area contributed by atoms with E-state index in [9.17, 15) is 0 Å². The van der Waals surface area contributed by atoms with E-state index in [2.05, 4.69) is 27.9 Å². The van der Waals surface area contributed by atoms with Gasteiger partial charge in [0.15, 0.2) is 5.67 Å². The predicted octanol–water partition coefficient (Wildman–Crippen LogP) is 4.52. The highest BCUT2D eigenvalue weighted by Crippen LogP contribution is 2.25. The summed E-state index contributed by atoms with van der Waals surface area (Å²) in [6, 6.07) is 0. The average Bonchev–Trinajstić information content (AvgIpc) is 2.77. The number of hydrogen-bond donors (Lipinski definition) is 0. The molecule has 1 atom stereocenters. The van der Waals surface area contributed by atoms with E-state index in [1.165, 1.54) is 103 Å². The Morgan fingerprint density at radius 1 is 0.562 bits per heavy atom. The molecule has 0 fully saturated rings. The summed E-state index contributed by atoms with van der Waals surface area (Å²) in [6.45, 7) is 5.67. The van der Waals surface area contributed by atoms with Crippen molar-refractivity contribution in [3.05, 3.63) is 0 Å². The summed E-state index contributed by atoms with van der Waals surface area (Å²) in [5, 5.41) is 0. The molecule has 0 amide bonds. The van der Waals surface area contributed by atoms with Gasteiger partial charge in [-0.3, -0.25) is 0 Å². The first kappa shape index (κ1) is 34.7. The van der Waals surface area contributed by atoms with E-state index < -0.39 is 8.80 Å². The van der Waals surface area contributed by atoms with Gasteiger partial charge in [0, 0.05) is 27.8 Å². The molecule has 0 bridgehead atoms. The van der Waals surface area contributed by atoms with E-state index in [0.29, 0.717) is 0 Å². The molecule has 32 heavy (non-hydrogen) atoms. The van der Waals surface area contributed by atoms with Crippen LogP contribution in [0.3, 0.4) is 0 Å². The molecule has 0 aliphatic carbocycles. The molecule has 0 aliphatic heterocycles. The predicted molar refractivity (Wildman–Crippen MR) is 137 cm³/mol. The van der Waals surface area contributed by atoms with Crippen LogP contribution in [0.15, 0.2) is 0 Å². The summed E-state index contributed by atoms with van der Waals surface area (Å²) < 4.78 is 18.3. The normalized spacial score (nSPS) is 13.2. The van der Waals surface area contributed by atoms with Crippen molar-refractivity contribution in [2.24, 2.45) is 0 Å². The van der Waals surface area contributed by atoms with Gasteiger partial charge < -0.3 is 34.7 Å². The first-order chi connectivity index (χ1) is 14.9. The maximum Gasteiger partial charge on any atom is 0.561 e. The van der Waals surface area contributed by atoms with E-state index in [0.717, 1.165) is 17.4 Å². The minimum atomic E-state index is -2.62. The summed E-state index contributed by atoms with van der Waals surface area (Å²) in [7, 11) is 7.18. The molecule has 0 aromatic carbocycles. The standard InChI is InChI=1S/C26H58NO3Si.BrH/c1-8-10-11-12-13-14-15-16-17-18-19-20-21-22-23-24-25-27(3,4)26(9-2)31(28-5,29-6)30-7;/h26H,8-25H2,1-7H3;1H/q+1;/p-1. The lowest BCUT2D eigenvalue weighted by atomic mass is 10.0. The van der Waals surface area contributed by atoms with Crippen LogP contribution >= 0.6 is 0 Å². The van der Waals surface area contributed by atoms with Crippen LogP contribution in [-0.4, -0.2) is 60.9 Å². The SMILES string of the molecule is CCCCCCCCCCCCCCCCCC[N+](C)(C)C(CC)[Si](OC)(OC)OC.[Br-]. The maximum atomic E-state index is 5.79. The minimum absolute atomic E-state index is 0. The van der Waals surface area contributed by atoms with Crippen LogP contribution in [0.2, 0.25) is 0 Å². The third kappa shape index (κ3) is 14.7. The lowest BCUT2D eigenvalue weighted by Gasteiger charge is -2.43. The van der Waals surface area contributed by atoms with Crippen molar-refractivity contribution in [1.82, 2.24) is 0 Å². The monoisotopic (exact) mass is 539 g/mol. The Balaban J connectivity index is 0. The Morgan fingerprint density at radius 2 is 0.875 bits per heavy atom. The van der Waals surface area contributed by atoms with Crippen molar-refractivity contribution >= 4 is 8.80 Å². The van der Waals surface area contributed by atoms with Crippen LogP contribution < -0.4 is 17.0 Å². The fraction of sp³-hybridized carbons (Fsp3) is 1.00. The third-order valence-corrected chi connectivity index (χ3v) is 10.7. The topological polar surface area (TPSA) is 27.7 Å². The Labute approximate surface area is 213 Å². The molecule has 0 heterocycles. The van der Waals surface area contributed by atoms with Gasteiger partial charge in [-0.25, -0.2) is 0 Å². The number of unbranched alkanes of at least 4 members (excludes halogenated alkanes) is 15. The molecule has 0 saturated heterocycles. The van der Waals surface area contributed by atoms with Crippen molar-refractivity contribution in [3.63, 3.8) is 0 Å². The van der Waals surface area contributed by atoms with E-state index in [1.54, 1.807) is 21.3 Å². The van der Waals surface area contributed by atoms with Crippen LogP contribution in [0.5, 0.6) is 0 Å². The van der Waals surface area contributed by atoms with Crippen molar-refractivity contribution in [2.45, 2.75) is 129 Å². The van der Waals surface area contributed by atoms with Gasteiger partial charge in [0.05, 0.1) is 20.6 Å². The Morgan fingerprint density at radius 3 is 1.16 bits per heavy atom. The summed E-state index contributed by atoms with van der Waals surface area (Å²) in [6.07, 6.45) is 23.6. The molecule has 0 N–H and O–H groups in total. The maximum absolute atomic E-state index is 5.79. The molecule has 0 aromatic rings. The molecular weight excluding hydrogens is 482 g/mol. The molecule has 0 radical (unpaired) electrons. The van der Waals surface area contributed by atoms with Gasteiger partial charge in [0.2, 0.25) is 0 Å². The van der Waals surface area contributed by atoms with E-state index in [1.807, 2.05) is 0 Å². The Hall–Kier alpha value is 0.537. The van der Waals surface area contributed by atoms with Gasteiger partial charge in [-0.15, -0.1) is 0 Å². The first-order valence-corrected chi connectivity index (χ1v) is 15.2. The second kappa shape index (κ2) is 22.0. The zero-order valence-electron chi connectivity index (χ0n) is 22.9. The third-order valence-electron chi connectivity index (χ3n) is 7.08. The fourth-order valence-corrected chi connectivity index (χ4v) is 7.86. The zero-order valence-corrected chi connectivity index (χ0v) is 25.4. The van der Waals surface area contributed by atoms with Crippen LogP contribution in [-0.2, 0) is 13.3 Å². The van der Waals surface area contributed by atoms with Crippen molar-refractivity contribution in [1.29, 1.82) is 0 Å². The van der Waals surface area contributed by atoms with Crippen LogP contribution in [0.4, 0.5) is 0 Å². The second-order valence-corrected chi connectivity index (χ2v) is 13.0. The van der Waals surface area contributed by atoms with Gasteiger partial charge in [-0.1, -0.05) is 104 Å². The molecule has 0 aromatic heterocycles. The van der Waals surface area contributed by atoms with Crippen LogP contribution in [0.1, 0.15) is 123 Å². The molecule has 0 spiro atoms. The molecule has 1 unspecified atom stereocenters. The Kier molecular flexibility index (Phi) is 23.9. The van der Waals surface area contributed by atoms with Gasteiger partial charge >= 0.3 is 8.80 Å². The number of hydrogen-bond acceptors (Lipinski definition) is 3. The number of halogens is 1. The molecular formula is C26H58BrNO3Si. The highest BCUT2D eigenvalue weighted by atomic mass is 79.9. The van der Waals surface area contributed by atoms with E-state index in [4.69, 9.17) is 13.3 Å². The molecule has 0 saturated carbocycles. The van der Waals surface area contributed by atoms with Crippen molar-refractivity contribution < 1.29 is 34.7 Å². The number of rotatable bonds is 23. The molecule has 0 rings (SSSR count). The Bertz CT molecular complexity index is 387. The zero-order chi connectivity index (χ0) is 23.4. The summed E-state index contributed by atoms with van der Waals surface area (Å²) in [4.78, 5) is 0. The van der Waals surface area contributed by atoms with Crippen molar-refractivity contribution in [2.75, 3.05) is 42.0 Å². The molecule has 4 nitrogen and oxygen atoms in total. The molecule has 0 aliphatic rings. The van der Waals surface area contributed by atoms with E-state index >= 15 is 0 Å². The van der Waals surface area contributed by atoms with Gasteiger partial charge in [0.25, 0.3) is 0 Å². The van der Waals surface area contributed by atoms with Gasteiger partial charge in [0.1, 0.15) is 0 Å². The van der Waals surface area contributed by atoms with Gasteiger partial charge in [-0.05, 0) is 12.8 Å². The second-order valence-electron chi connectivity index (χ2n) is 9.95.